The predicted molar refractivity (Wildman–Crippen MR) is 80.5 cm³/mol. The standard InChI is InChI=1S/C16H13ClN2O3/c17-13-4-3-11-7-19(8-12(11)6-13)16(20)21-10-14-9-18-5-1-2-15(18)22-14/h1-6,9H,7-8,10H2. The minimum Gasteiger partial charge on any atom is -0.441 e. The number of carbonyl (C=O) groups excluding carboxylic acids is 1. The number of rotatable bonds is 2. The van der Waals surface area contributed by atoms with Gasteiger partial charge in [0.1, 0.15) is 0 Å². The van der Waals surface area contributed by atoms with Crippen LogP contribution >= 0.6 is 11.6 Å². The van der Waals surface area contributed by atoms with Gasteiger partial charge in [0.2, 0.25) is 5.71 Å². The number of ether oxygens (including phenoxy) is 1. The molecule has 0 saturated heterocycles. The third kappa shape index (κ3) is 2.33. The van der Waals surface area contributed by atoms with Gasteiger partial charge < -0.3 is 9.15 Å². The highest BCUT2D eigenvalue weighted by Gasteiger charge is 2.24. The summed E-state index contributed by atoms with van der Waals surface area (Å²) in [7, 11) is 0. The Hall–Kier alpha value is -2.40. The van der Waals surface area contributed by atoms with Gasteiger partial charge in [-0.3, -0.25) is 9.30 Å². The van der Waals surface area contributed by atoms with E-state index in [1.54, 1.807) is 11.1 Å². The van der Waals surface area contributed by atoms with Crippen molar-refractivity contribution in [2.45, 2.75) is 19.7 Å². The molecule has 1 aliphatic heterocycles. The van der Waals surface area contributed by atoms with Crippen molar-refractivity contribution in [2.24, 2.45) is 0 Å². The van der Waals surface area contributed by atoms with E-state index in [1.165, 1.54) is 0 Å². The number of fused-ring (bicyclic) bond motifs is 2. The molecule has 0 bridgehead atoms. The summed E-state index contributed by atoms with van der Waals surface area (Å²) in [5.74, 6) is 0.615. The summed E-state index contributed by atoms with van der Waals surface area (Å²) in [5, 5.41) is 0.681. The van der Waals surface area contributed by atoms with Crippen LogP contribution in [0.25, 0.3) is 5.71 Å². The number of amides is 1. The molecular formula is C16H13ClN2O3. The smallest absolute Gasteiger partial charge is 0.410 e. The molecule has 0 radical (unpaired) electrons. The first-order valence-corrected chi connectivity index (χ1v) is 7.31. The molecule has 1 aromatic carbocycles. The molecule has 4 rings (SSSR count). The minimum atomic E-state index is -0.353. The van der Waals surface area contributed by atoms with E-state index in [-0.39, 0.29) is 12.7 Å². The van der Waals surface area contributed by atoms with Gasteiger partial charge >= 0.3 is 6.09 Å². The minimum absolute atomic E-state index is 0.119. The van der Waals surface area contributed by atoms with Crippen molar-refractivity contribution in [1.29, 1.82) is 0 Å². The van der Waals surface area contributed by atoms with E-state index < -0.39 is 0 Å². The zero-order chi connectivity index (χ0) is 15.1. The molecule has 6 heteroatoms. The summed E-state index contributed by atoms with van der Waals surface area (Å²) >= 11 is 5.97. The third-order valence-corrected chi connectivity index (χ3v) is 3.98. The first-order valence-electron chi connectivity index (χ1n) is 6.93. The van der Waals surface area contributed by atoms with Crippen molar-refractivity contribution in [1.82, 2.24) is 9.30 Å². The number of hydrogen-bond donors (Lipinski definition) is 0. The Labute approximate surface area is 131 Å². The van der Waals surface area contributed by atoms with Gasteiger partial charge in [0.25, 0.3) is 0 Å². The van der Waals surface area contributed by atoms with Gasteiger partial charge in [-0.1, -0.05) is 17.7 Å². The van der Waals surface area contributed by atoms with E-state index in [4.69, 9.17) is 20.8 Å². The van der Waals surface area contributed by atoms with Crippen molar-refractivity contribution in [3.05, 3.63) is 64.6 Å². The Bertz CT molecular complexity index is 824. The molecule has 0 fully saturated rings. The maximum atomic E-state index is 12.1. The van der Waals surface area contributed by atoms with Gasteiger partial charge in [-0.25, -0.2) is 4.79 Å². The van der Waals surface area contributed by atoms with Gasteiger partial charge in [0.15, 0.2) is 12.4 Å². The number of nitrogens with zero attached hydrogens (tertiary/aromatic N) is 2. The van der Waals surface area contributed by atoms with Gasteiger partial charge in [-0.05, 0) is 29.3 Å². The largest absolute Gasteiger partial charge is 0.441 e. The Morgan fingerprint density at radius 3 is 3.00 bits per heavy atom. The first-order chi connectivity index (χ1) is 10.7. The van der Waals surface area contributed by atoms with Crippen LogP contribution in [-0.4, -0.2) is 15.4 Å². The van der Waals surface area contributed by atoms with E-state index in [2.05, 4.69) is 0 Å². The second-order valence-corrected chi connectivity index (χ2v) is 5.71. The molecule has 3 heterocycles. The highest BCUT2D eigenvalue weighted by molar-refractivity contribution is 6.30. The topological polar surface area (TPSA) is 47.1 Å². The molecule has 0 atom stereocenters. The van der Waals surface area contributed by atoms with Crippen molar-refractivity contribution in [3.8, 4) is 0 Å². The van der Waals surface area contributed by atoms with Crippen molar-refractivity contribution in [2.75, 3.05) is 0 Å². The van der Waals surface area contributed by atoms with Crippen LogP contribution in [0.1, 0.15) is 16.9 Å². The van der Waals surface area contributed by atoms with Crippen LogP contribution in [0.5, 0.6) is 0 Å². The number of aromatic nitrogens is 1. The maximum absolute atomic E-state index is 12.1. The lowest BCUT2D eigenvalue weighted by molar-refractivity contribution is 0.0898. The molecule has 0 spiro atoms. The zero-order valence-corrected chi connectivity index (χ0v) is 12.4. The summed E-state index contributed by atoms with van der Waals surface area (Å²) in [6.45, 7) is 1.19. The fourth-order valence-electron chi connectivity index (χ4n) is 2.67. The number of halogens is 1. The van der Waals surface area contributed by atoms with Gasteiger partial charge in [0, 0.05) is 30.4 Å². The van der Waals surface area contributed by atoms with E-state index in [1.807, 2.05) is 40.9 Å². The fourth-order valence-corrected chi connectivity index (χ4v) is 2.86. The third-order valence-electron chi connectivity index (χ3n) is 3.75. The van der Waals surface area contributed by atoms with Crippen LogP contribution in [0.2, 0.25) is 5.02 Å². The summed E-state index contributed by atoms with van der Waals surface area (Å²) in [6, 6.07) is 9.41. The molecule has 1 aliphatic rings. The molecule has 5 nitrogen and oxygen atoms in total. The summed E-state index contributed by atoms with van der Waals surface area (Å²) in [5.41, 5.74) is 2.90. The average Bonchev–Trinajstić information content (AvgIpc) is 3.17. The lowest BCUT2D eigenvalue weighted by Crippen LogP contribution is -2.25. The van der Waals surface area contributed by atoms with Crippen molar-refractivity contribution < 1.29 is 13.9 Å². The fraction of sp³-hybridized carbons (Fsp3) is 0.188. The predicted octanol–water partition coefficient (Wildman–Crippen LogP) is 3.84. The van der Waals surface area contributed by atoms with Crippen LogP contribution in [0.4, 0.5) is 4.79 Å². The number of hydrogen-bond acceptors (Lipinski definition) is 3. The van der Waals surface area contributed by atoms with Gasteiger partial charge in [0.05, 0.1) is 6.20 Å². The second kappa shape index (κ2) is 5.10. The normalized spacial score (nSPS) is 13.6. The second-order valence-electron chi connectivity index (χ2n) is 5.27. The van der Waals surface area contributed by atoms with Crippen LogP contribution < -0.4 is 0 Å². The molecule has 0 aliphatic carbocycles. The van der Waals surface area contributed by atoms with Gasteiger partial charge in [-0.15, -0.1) is 0 Å². The van der Waals surface area contributed by atoms with Crippen LogP contribution in [0.15, 0.2) is 47.1 Å². The molecule has 2 aromatic heterocycles. The molecule has 1 amide bonds. The van der Waals surface area contributed by atoms with E-state index in [0.717, 1.165) is 16.8 Å². The van der Waals surface area contributed by atoms with Crippen LogP contribution in [-0.2, 0) is 24.4 Å². The van der Waals surface area contributed by atoms with Crippen LogP contribution in [0.3, 0.4) is 0 Å². The maximum Gasteiger partial charge on any atom is 0.410 e. The van der Waals surface area contributed by atoms with Crippen molar-refractivity contribution >= 4 is 23.4 Å². The SMILES string of the molecule is O=C(OCc1cn2cccc2o1)N1Cc2ccc(Cl)cc2C1. The van der Waals surface area contributed by atoms with Gasteiger partial charge in [-0.2, -0.15) is 0 Å². The lowest BCUT2D eigenvalue weighted by atomic mass is 10.1. The molecule has 0 unspecified atom stereocenters. The Balaban J connectivity index is 1.40. The quantitative estimate of drug-likeness (QED) is 0.721. The average molecular weight is 317 g/mol. The Kier molecular flexibility index (Phi) is 3.08. The Morgan fingerprint density at radius 2 is 2.14 bits per heavy atom. The van der Waals surface area contributed by atoms with Crippen molar-refractivity contribution in [3.63, 3.8) is 0 Å². The molecule has 112 valence electrons. The molecule has 0 N–H and O–H groups in total. The first kappa shape index (κ1) is 13.3. The summed E-state index contributed by atoms with van der Waals surface area (Å²) in [4.78, 5) is 13.8. The van der Waals surface area contributed by atoms with E-state index >= 15 is 0 Å². The van der Waals surface area contributed by atoms with E-state index in [9.17, 15) is 4.79 Å². The monoisotopic (exact) mass is 316 g/mol. The van der Waals surface area contributed by atoms with Crippen LogP contribution in [0, 0.1) is 0 Å². The molecule has 22 heavy (non-hydrogen) atoms. The number of carbonyl (C=O) groups is 1. The number of oxazole rings is 1. The van der Waals surface area contributed by atoms with E-state index in [0.29, 0.717) is 23.9 Å². The lowest BCUT2D eigenvalue weighted by Gasteiger charge is -2.14. The molecule has 0 saturated carbocycles. The molecule has 3 aromatic rings. The Morgan fingerprint density at radius 1 is 1.27 bits per heavy atom. The zero-order valence-electron chi connectivity index (χ0n) is 11.7. The number of benzene rings is 1. The highest BCUT2D eigenvalue weighted by Crippen LogP contribution is 2.26. The molecular weight excluding hydrogens is 304 g/mol. The highest BCUT2D eigenvalue weighted by atomic mass is 35.5. The summed E-state index contributed by atoms with van der Waals surface area (Å²) in [6.07, 6.45) is 3.33. The summed E-state index contributed by atoms with van der Waals surface area (Å²) < 4.78 is 12.7.